The van der Waals surface area contributed by atoms with E-state index in [2.05, 4.69) is 20.3 Å². The molecular formula is C11H15N5. The van der Waals surface area contributed by atoms with Gasteiger partial charge in [0.25, 0.3) is 0 Å². The van der Waals surface area contributed by atoms with Crippen LogP contribution in [-0.4, -0.2) is 25.0 Å². The smallest absolute Gasteiger partial charge is 0.153 e. The van der Waals surface area contributed by atoms with E-state index in [0.717, 1.165) is 11.6 Å². The van der Waals surface area contributed by atoms with Crippen LogP contribution < -0.4 is 0 Å². The minimum absolute atomic E-state index is 0.572. The van der Waals surface area contributed by atoms with Crippen molar-refractivity contribution in [3.8, 4) is 0 Å². The Bertz CT molecular complexity index is 439. The second-order valence-electron chi connectivity index (χ2n) is 4.33. The lowest BCUT2D eigenvalue weighted by molar-refractivity contribution is 0.652. The largest absolute Gasteiger partial charge is 0.265 e. The van der Waals surface area contributed by atoms with E-state index in [-0.39, 0.29) is 0 Å². The number of hydrogen-bond acceptors (Lipinski definition) is 3. The minimum atomic E-state index is 0.572. The quantitative estimate of drug-likeness (QED) is 0.851. The summed E-state index contributed by atoms with van der Waals surface area (Å²) in [5.41, 5.74) is 0. The van der Waals surface area contributed by atoms with Crippen LogP contribution in [0, 0.1) is 0 Å². The van der Waals surface area contributed by atoms with E-state index in [1.165, 1.54) is 25.7 Å². The van der Waals surface area contributed by atoms with Gasteiger partial charge in [0.05, 0.1) is 0 Å². The molecule has 0 radical (unpaired) electrons. The summed E-state index contributed by atoms with van der Waals surface area (Å²) < 4.78 is 1.85. The summed E-state index contributed by atoms with van der Waals surface area (Å²) in [5.74, 6) is 2.45. The Hall–Kier alpha value is -1.65. The van der Waals surface area contributed by atoms with E-state index in [0.29, 0.717) is 12.5 Å². The SMILES string of the molecule is c1cnn(Cc2nc(C3CCCC3)n[nH]2)c1. The summed E-state index contributed by atoms with van der Waals surface area (Å²) in [4.78, 5) is 4.54. The first-order valence-corrected chi connectivity index (χ1v) is 5.80. The predicted octanol–water partition coefficient (Wildman–Crippen LogP) is 1.71. The standard InChI is InChI=1S/C11H15N5/c1-2-5-9(4-1)11-13-10(14-15-11)8-16-7-3-6-12-16/h3,6-7,9H,1-2,4-5,8H2,(H,13,14,15). The lowest BCUT2D eigenvalue weighted by atomic mass is 10.1. The molecule has 0 bridgehead atoms. The molecule has 2 aromatic heterocycles. The Balaban J connectivity index is 1.72. The van der Waals surface area contributed by atoms with Crippen LogP contribution in [-0.2, 0) is 6.54 Å². The zero-order valence-corrected chi connectivity index (χ0v) is 9.13. The van der Waals surface area contributed by atoms with Crippen molar-refractivity contribution in [1.29, 1.82) is 0 Å². The van der Waals surface area contributed by atoms with E-state index in [9.17, 15) is 0 Å². The topological polar surface area (TPSA) is 59.4 Å². The van der Waals surface area contributed by atoms with E-state index in [1.807, 2.05) is 16.9 Å². The lowest BCUT2D eigenvalue weighted by Gasteiger charge is -2.00. The zero-order chi connectivity index (χ0) is 10.8. The number of rotatable bonds is 3. The van der Waals surface area contributed by atoms with Gasteiger partial charge in [0.15, 0.2) is 5.82 Å². The van der Waals surface area contributed by atoms with Crippen molar-refractivity contribution in [1.82, 2.24) is 25.0 Å². The fraction of sp³-hybridized carbons (Fsp3) is 0.545. The molecule has 5 nitrogen and oxygen atoms in total. The Morgan fingerprint density at radius 2 is 2.25 bits per heavy atom. The maximum atomic E-state index is 4.54. The molecule has 1 N–H and O–H groups in total. The first-order chi connectivity index (χ1) is 7.92. The van der Waals surface area contributed by atoms with Gasteiger partial charge in [-0.05, 0) is 18.9 Å². The first-order valence-electron chi connectivity index (χ1n) is 5.80. The van der Waals surface area contributed by atoms with E-state index in [4.69, 9.17) is 0 Å². The maximum Gasteiger partial charge on any atom is 0.153 e. The number of nitrogens with one attached hydrogen (secondary N) is 1. The summed E-state index contributed by atoms with van der Waals surface area (Å²) in [5, 5.41) is 11.4. The molecule has 5 heteroatoms. The van der Waals surface area contributed by atoms with Gasteiger partial charge in [0, 0.05) is 18.3 Å². The summed E-state index contributed by atoms with van der Waals surface area (Å²) in [6, 6.07) is 1.91. The number of aromatic amines is 1. The van der Waals surface area contributed by atoms with Gasteiger partial charge in [-0.15, -0.1) is 0 Å². The maximum absolute atomic E-state index is 4.54. The molecule has 1 fully saturated rings. The van der Waals surface area contributed by atoms with Crippen molar-refractivity contribution >= 4 is 0 Å². The van der Waals surface area contributed by atoms with Gasteiger partial charge < -0.3 is 0 Å². The third kappa shape index (κ3) is 1.85. The average molecular weight is 217 g/mol. The van der Waals surface area contributed by atoms with Crippen molar-refractivity contribution in [2.75, 3.05) is 0 Å². The van der Waals surface area contributed by atoms with Crippen molar-refractivity contribution in [3.05, 3.63) is 30.1 Å². The van der Waals surface area contributed by atoms with E-state index < -0.39 is 0 Å². The lowest BCUT2D eigenvalue weighted by Crippen LogP contribution is -2.02. The third-order valence-electron chi connectivity index (χ3n) is 3.14. The fourth-order valence-corrected chi connectivity index (χ4v) is 2.29. The molecule has 0 spiro atoms. The Morgan fingerprint density at radius 1 is 1.38 bits per heavy atom. The molecule has 2 aromatic rings. The van der Waals surface area contributed by atoms with Gasteiger partial charge in [-0.25, -0.2) is 4.98 Å². The molecule has 1 aliphatic rings. The zero-order valence-electron chi connectivity index (χ0n) is 9.13. The Kier molecular flexibility index (Phi) is 2.44. The fourth-order valence-electron chi connectivity index (χ4n) is 2.29. The van der Waals surface area contributed by atoms with Gasteiger partial charge in [0.1, 0.15) is 12.4 Å². The van der Waals surface area contributed by atoms with Crippen LogP contribution >= 0.6 is 0 Å². The molecule has 0 aliphatic heterocycles. The molecular weight excluding hydrogens is 202 g/mol. The van der Waals surface area contributed by atoms with Crippen LogP contribution in [0.25, 0.3) is 0 Å². The molecule has 2 heterocycles. The molecule has 1 saturated carbocycles. The molecule has 0 unspecified atom stereocenters. The average Bonchev–Trinajstić information content (AvgIpc) is 2.99. The van der Waals surface area contributed by atoms with Gasteiger partial charge in [-0.1, -0.05) is 12.8 Å². The molecule has 0 saturated heterocycles. The van der Waals surface area contributed by atoms with Gasteiger partial charge in [-0.3, -0.25) is 9.78 Å². The number of H-pyrrole nitrogens is 1. The molecule has 3 rings (SSSR count). The molecule has 1 aliphatic carbocycles. The highest BCUT2D eigenvalue weighted by molar-refractivity contribution is 5.00. The van der Waals surface area contributed by atoms with Gasteiger partial charge in [0.2, 0.25) is 0 Å². The molecule has 0 aromatic carbocycles. The van der Waals surface area contributed by atoms with Gasteiger partial charge in [-0.2, -0.15) is 10.2 Å². The van der Waals surface area contributed by atoms with E-state index in [1.54, 1.807) is 6.20 Å². The number of aromatic nitrogens is 5. The number of nitrogens with zero attached hydrogens (tertiary/aromatic N) is 4. The third-order valence-corrected chi connectivity index (χ3v) is 3.14. The van der Waals surface area contributed by atoms with Crippen LogP contribution in [0.3, 0.4) is 0 Å². The van der Waals surface area contributed by atoms with Crippen LogP contribution in [0.5, 0.6) is 0 Å². The Labute approximate surface area is 93.9 Å². The second kappa shape index (κ2) is 4.08. The minimum Gasteiger partial charge on any atom is -0.265 e. The highest BCUT2D eigenvalue weighted by atomic mass is 15.3. The molecule has 84 valence electrons. The van der Waals surface area contributed by atoms with Crippen LogP contribution in [0.15, 0.2) is 18.5 Å². The van der Waals surface area contributed by atoms with Crippen molar-refractivity contribution < 1.29 is 0 Å². The van der Waals surface area contributed by atoms with Crippen molar-refractivity contribution in [2.24, 2.45) is 0 Å². The summed E-state index contributed by atoms with van der Waals surface area (Å²) in [7, 11) is 0. The molecule has 0 atom stereocenters. The van der Waals surface area contributed by atoms with Gasteiger partial charge >= 0.3 is 0 Å². The van der Waals surface area contributed by atoms with E-state index >= 15 is 0 Å². The normalized spacial score (nSPS) is 17.0. The first kappa shape index (κ1) is 9.57. The molecule has 16 heavy (non-hydrogen) atoms. The van der Waals surface area contributed by atoms with Crippen LogP contribution in [0.4, 0.5) is 0 Å². The highest BCUT2D eigenvalue weighted by Gasteiger charge is 2.20. The summed E-state index contributed by atoms with van der Waals surface area (Å²) >= 11 is 0. The monoisotopic (exact) mass is 217 g/mol. The molecule has 0 amide bonds. The predicted molar refractivity (Wildman–Crippen MR) is 58.9 cm³/mol. The second-order valence-corrected chi connectivity index (χ2v) is 4.33. The number of hydrogen-bond donors (Lipinski definition) is 1. The highest BCUT2D eigenvalue weighted by Crippen LogP contribution is 2.31. The van der Waals surface area contributed by atoms with Crippen LogP contribution in [0.1, 0.15) is 43.3 Å². The summed E-state index contributed by atoms with van der Waals surface area (Å²) in [6.07, 6.45) is 8.80. The summed E-state index contributed by atoms with van der Waals surface area (Å²) in [6.45, 7) is 0.673. The Morgan fingerprint density at radius 3 is 3.00 bits per heavy atom. The van der Waals surface area contributed by atoms with Crippen LogP contribution in [0.2, 0.25) is 0 Å². The van der Waals surface area contributed by atoms with Crippen molar-refractivity contribution in [3.63, 3.8) is 0 Å². The van der Waals surface area contributed by atoms with Crippen molar-refractivity contribution in [2.45, 2.75) is 38.1 Å².